The molecule has 1 aliphatic heterocycles. The van der Waals surface area contributed by atoms with Crippen LogP contribution in [-0.4, -0.2) is 42.6 Å². The molecule has 1 amide bonds. The fraction of sp³-hybridized carbons (Fsp3) is 0.273. The Morgan fingerprint density at radius 2 is 1.75 bits per heavy atom. The summed E-state index contributed by atoms with van der Waals surface area (Å²) >= 11 is 0. The van der Waals surface area contributed by atoms with Crippen LogP contribution in [0, 0.1) is 6.92 Å². The zero-order valence-electron chi connectivity index (χ0n) is 18.0. The largest absolute Gasteiger partial charge is 0.478 e. The number of hydrogen-bond donors (Lipinski definition) is 1. The standard InChI is InChI=1S/C22H24N4O5S/c1-15-20(22(28)26(24(15)2)16-9-5-4-6-10-16)23-21(27)19-13-14-25(32(3,29)30)17-11-7-8-12-18(17)31-19/h4-12,19H,13-14H2,1-3H3,(H,23,27)/t19-/m1/s1. The number of fused-ring (bicyclic) bond motifs is 1. The fourth-order valence-corrected chi connectivity index (χ4v) is 4.72. The summed E-state index contributed by atoms with van der Waals surface area (Å²) in [6, 6.07) is 15.8. The van der Waals surface area contributed by atoms with Crippen molar-refractivity contribution in [3.63, 3.8) is 0 Å². The quantitative estimate of drug-likeness (QED) is 0.647. The van der Waals surface area contributed by atoms with Crippen molar-refractivity contribution in [3.05, 3.63) is 70.6 Å². The van der Waals surface area contributed by atoms with Gasteiger partial charge in [-0.3, -0.25) is 18.6 Å². The maximum Gasteiger partial charge on any atom is 0.295 e. The second kappa shape index (κ2) is 8.19. The van der Waals surface area contributed by atoms with Gasteiger partial charge in [0.1, 0.15) is 11.4 Å². The maximum atomic E-state index is 13.1. The molecule has 0 spiro atoms. The van der Waals surface area contributed by atoms with Crippen LogP contribution >= 0.6 is 0 Å². The summed E-state index contributed by atoms with van der Waals surface area (Å²) in [5, 5.41) is 2.71. The van der Waals surface area contributed by atoms with Gasteiger partial charge in [0, 0.05) is 20.0 Å². The molecule has 0 bridgehead atoms. The van der Waals surface area contributed by atoms with Crippen molar-refractivity contribution in [2.75, 3.05) is 22.4 Å². The number of anilines is 2. The molecule has 10 heteroatoms. The number of carbonyl (C=O) groups excluding carboxylic acids is 1. The number of amides is 1. The van der Waals surface area contributed by atoms with Gasteiger partial charge in [-0.15, -0.1) is 0 Å². The van der Waals surface area contributed by atoms with E-state index in [2.05, 4.69) is 5.32 Å². The van der Waals surface area contributed by atoms with Gasteiger partial charge in [-0.1, -0.05) is 30.3 Å². The predicted octanol–water partition coefficient (Wildman–Crippen LogP) is 2.04. The lowest BCUT2D eigenvalue weighted by atomic mass is 10.2. The van der Waals surface area contributed by atoms with Crippen molar-refractivity contribution in [1.82, 2.24) is 9.36 Å². The fourth-order valence-electron chi connectivity index (χ4n) is 3.78. The van der Waals surface area contributed by atoms with E-state index >= 15 is 0 Å². The molecule has 9 nitrogen and oxygen atoms in total. The normalized spacial score (nSPS) is 16.1. The van der Waals surface area contributed by atoms with E-state index in [1.807, 2.05) is 18.2 Å². The molecule has 1 aromatic heterocycles. The number of para-hydroxylation sites is 3. The molecule has 3 aromatic rings. The van der Waals surface area contributed by atoms with Crippen molar-refractivity contribution in [3.8, 4) is 11.4 Å². The number of benzene rings is 2. The number of carbonyl (C=O) groups is 1. The number of rotatable bonds is 4. The molecule has 1 N–H and O–H groups in total. The van der Waals surface area contributed by atoms with E-state index in [0.717, 1.165) is 6.26 Å². The molecule has 0 unspecified atom stereocenters. The van der Waals surface area contributed by atoms with Crippen molar-refractivity contribution < 1.29 is 17.9 Å². The monoisotopic (exact) mass is 456 g/mol. The number of aromatic nitrogens is 2. The molecule has 2 aromatic carbocycles. The first kappa shape index (κ1) is 21.7. The highest BCUT2D eigenvalue weighted by Crippen LogP contribution is 2.34. The van der Waals surface area contributed by atoms with Gasteiger partial charge in [0.2, 0.25) is 10.0 Å². The first-order valence-corrected chi connectivity index (χ1v) is 11.9. The molecule has 1 atom stereocenters. The van der Waals surface area contributed by atoms with Crippen LogP contribution < -0.4 is 19.9 Å². The summed E-state index contributed by atoms with van der Waals surface area (Å²) in [5.74, 6) is -0.219. The van der Waals surface area contributed by atoms with Gasteiger partial charge in [0.15, 0.2) is 6.10 Å². The van der Waals surface area contributed by atoms with Crippen LogP contribution in [0.15, 0.2) is 59.4 Å². The highest BCUT2D eigenvalue weighted by molar-refractivity contribution is 7.92. The molecule has 0 aliphatic carbocycles. The lowest BCUT2D eigenvalue weighted by molar-refractivity contribution is -0.122. The Morgan fingerprint density at radius 3 is 2.44 bits per heavy atom. The lowest BCUT2D eigenvalue weighted by Gasteiger charge is -2.20. The third-order valence-corrected chi connectivity index (χ3v) is 6.67. The first-order chi connectivity index (χ1) is 15.2. The van der Waals surface area contributed by atoms with E-state index in [9.17, 15) is 18.0 Å². The molecule has 4 rings (SSSR count). The number of nitrogens with one attached hydrogen (secondary N) is 1. The SMILES string of the molecule is Cc1c(NC(=O)[C@H]2CCN(S(C)(=O)=O)c3ccccc3O2)c(=O)n(-c2ccccc2)n1C. The Bertz CT molecular complexity index is 1330. The molecule has 1 aliphatic rings. The second-order valence-electron chi connectivity index (χ2n) is 7.62. The summed E-state index contributed by atoms with van der Waals surface area (Å²) in [5.41, 5.74) is 1.43. The van der Waals surface area contributed by atoms with Gasteiger partial charge in [0.25, 0.3) is 11.5 Å². The smallest absolute Gasteiger partial charge is 0.295 e. The first-order valence-electron chi connectivity index (χ1n) is 10.1. The Hall–Kier alpha value is -3.53. The molecular weight excluding hydrogens is 432 g/mol. The minimum atomic E-state index is -3.55. The Morgan fingerprint density at radius 1 is 1.09 bits per heavy atom. The molecular formula is C22H24N4O5S. The van der Waals surface area contributed by atoms with E-state index in [4.69, 9.17) is 4.74 Å². The number of sulfonamides is 1. The number of nitrogens with zero attached hydrogens (tertiary/aromatic N) is 3. The van der Waals surface area contributed by atoms with Gasteiger partial charge in [-0.05, 0) is 31.2 Å². The molecule has 2 heterocycles. The molecule has 168 valence electrons. The summed E-state index contributed by atoms with van der Waals surface area (Å²) < 4.78 is 34.8. The highest BCUT2D eigenvalue weighted by Gasteiger charge is 2.32. The van der Waals surface area contributed by atoms with Crippen LogP contribution in [0.2, 0.25) is 0 Å². The minimum Gasteiger partial charge on any atom is -0.478 e. The number of hydrogen-bond acceptors (Lipinski definition) is 5. The van der Waals surface area contributed by atoms with Gasteiger partial charge in [0.05, 0.1) is 23.3 Å². The Balaban J connectivity index is 1.64. The van der Waals surface area contributed by atoms with Gasteiger partial charge in [-0.2, -0.15) is 0 Å². The summed E-state index contributed by atoms with van der Waals surface area (Å²) in [7, 11) is -1.81. The third kappa shape index (κ3) is 3.89. The van der Waals surface area contributed by atoms with Crippen LogP contribution in [-0.2, 0) is 21.9 Å². The van der Waals surface area contributed by atoms with E-state index < -0.39 is 22.0 Å². The van der Waals surface area contributed by atoms with Crippen LogP contribution in [0.3, 0.4) is 0 Å². The van der Waals surface area contributed by atoms with Gasteiger partial charge >= 0.3 is 0 Å². The van der Waals surface area contributed by atoms with E-state index in [1.165, 1.54) is 8.99 Å². The zero-order chi connectivity index (χ0) is 23.0. The molecule has 0 saturated heterocycles. The molecule has 0 fully saturated rings. The average Bonchev–Trinajstić information content (AvgIpc) is 2.90. The third-order valence-electron chi connectivity index (χ3n) is 5.49. The minimum absolute atomic E-state index is 0.0793. The lowest BCUT2D eigenvalue weighted by Crippen LogP contribution is -2.37. The summed E-state index contributed by atoms with van der Waals surface area (Å²) in [6.45, 7) is 1.82. The number of ether oxygens (including phenoxy) is 1. The van der Waals surface area contributed by atoms with Crippen LogP contribution in [0.1, 0.15) is 12.1 Å². The van der Waals surface area contributed by atoms with E-state index in [-0.39, 0.29) is 24.2 Å². The summed E-state index contributed by atoms with van der Waals surface area (Å²) in [4.78, 5) is 26.2. The van der Waals surface area contributed by atoms with Crippen molar-refractivity contribution in [1.29, 1.82) is 0 Å². The Labute approximate surface area is 185 Å². The Kier molecular flexibility index (Phi) is 5.55. The van der Waals surface area contributed by atoms with Gasteiger partial charge < -0.3 is 10.1 Å². The molecule has 32 heavy (non-hydrogen) atoms. The zero-order valence-corrected chi connectivity index (χ0v) is 18.8. The van der Waals surface area contributed by atoms with E-state index in [0.29, 0.717) is 22.8 Å². The average molecular weight is 457 g/mol. The topological polar surface area (TPSA) is 103 Å². The maximum absolute atomic E-state index is 13.1. The van der Waals surface area contributed by atoms with Crippen molar-refractivity contribution >= 4 is 27.3 Å². The van der Waals surface area contributed by atoms with Crippen molar-refractivity contribution in [2.45, 2.75) is 19.4 Å². The second-order valence-corrected chi connectivity index (χ2v) is 9.53. The van der Waals surface area contributed by atoms with E-state index in [1.54, 1.807) is 55.1 Å². The van der Waals surface area contributed by atoms with Crippen molar-refractivity contribution in [2.24, 2.45) is 7.05 Å². The predicted molar refractivity (Wildman–Crippen MR) is 122 cm³/mol. The molecule has 0 radical (unpaired) electrons. The van der Waals surface area contributed by atoms with Crippen LogP contribution in [0.25, 0.3) is 5.69 Å². The summed E-state index contributed by atoms with van der Waals surface area (Å²) in [6.07, 6.45) is 0.280. The van der Waals surface area contributed by atoms with Crippen LogP contribution in [0.5, 0.6) is 5.75 Å². The molecule has 0 saturated carbocycles. The van der Waals surface area contributed by atoms with Crippen LogP contribution in [0.4, 0.5) is 11.4 Å². The van der Waals surface area contributed by atoms with Gasteiger partial charge in [-0.25, -0.2) is 13.1 Å². The highest BCUT2D eigenvalue weighted by atomic mass is 32.2.